The molecule has 1 aromatic rings. The molecule has 0 aliphatic heterocycles. The molecule has 0 amide bonds. The summed E-state index contributed by atoms with van der Waals surface area (Å²) in [7, 11) is 1.86. The minimum atomic E-state index is -0.796. The number of hydrogen-bond acceptors (Lipinski definition) is 2. The molecule has 78 valence electrons. The number of rotatable bonds is 4. The molecule has 0 aliphatic carbocycles. The van der Waals surface area contributed by atoms with E-state index < -0.39 is 11.6 Å². The second kappa shape index (κ2) is 5.32. The molecule has 0 spiro atoms. The Balaban J connectivity index is 2.63. The van der Waals surface area contributed by atoms with Crippen molar-refractivity contribution >= 4 is 11.8 Å². The van der Waals surface area contributed by atoms with E-state index in [1.54, 1.807) is 6.07 Å². The average Bonchev–Trinajstić information content (AvgIpc) is 2.12. The van der Waals surface area contributed by atoms with Crippen LogP contribution in [-0.4, -0.2) is 18.8 Å². The van der Waals surface area contributed by atoms with Crippen LogP contribution in [0.2, 0.25) is 0 Å². The molecule has 1 aromatic carbocycles. The Hall–Kier alpha value is -0.610. The van der Waals surface area contributed by atoms with Crippen LogP contribution in [0.4, 0.5) is 8.78 Å². The van der Waals surface area contributed by atoms with E-state index in [0.29, 0.717) is 5.25 Å². The highest BCUT2D eigenvalue weighted by molar-refractivity contribution is 8.00. The van der Waals surface area contributed by atoms with Gasteiger partial charge in [-0.3, -0.25) is 0 Å². The van der Waals surface area contributed by atoms with E-state index in [2.05, 4.69) is 5.32 Å². The number of halogens is 2. The molecule has 1 atom stereocenters. The second-order valence-corrected chi connectivity index (χ2v) is 4.57. The lowest BCUT2D eigenvalue weighted by Crippen LogP contribution is -2.17. The third kappa shape index (κ3) is 3.27. The predicted octanol–water partition coefficient (Wildman–Crippen LogP) is 2.66. The summed E-state index contributed by atoms with van der Waals surface area (Å²) < 4.78 is 25.4. The second-order valence-electron chi connectivity index (χ2n) is 3.06. The van der Waals surface area contributed by atoms with E-state index in [1.807, 2.05) is 14.0 Å². The number of hydrogen-bond donors (Lipinski definition) is 1. The van der Waals surface area contributed by atoms with E-state index in [-0.39, 0.29) is 0 Å². The maximum atomic E-state index is 12.8. The molecule has 0 heterocycles. The van der Waals surface area contributed by atoms with Gasteiger partial charge in [-0.25, -0.2) is 8.78 Å². The predicted molar refractivity (Wildman–Crippen MR) is 55.6 cm³/mol. The first-order chi connectivity index (χ1) is 6.63. The van der Waals surface area contributed by atoms with Crippen molar-refractivity contribution < 1.29 is 8.78 Å². The van der Waals surface area contributed by atoms with Gasteiger partial charge in [-0.2, -0.15) is 0 Å². The van der Waals surface area contributed by atoms with E-state index in [1.165, 1.54) is 17.8 Å². The minimum Gasteiger partial charge on any atom is -0.319 e. The van der Waals surface area contributed by atoms with Crippen LogP contribution in [0.15, 0.2) is 23.1 Å². The zero-order valence-corrected chi connectivity index (χ0v) is 9.00. The summed E-state index contributed by atoms with van der Waals surface area (Å²) >= 11 is 1.52. The highest BCUT2D eigenvalue weighted by Crippen LogP contribution is 2.24. The normalized spacial score (nSPS) is 12.9. The van der Waals surface area contributed by atoms with Crippen LogP contribution >= 0.6 is 11.8 Å². The highest BCUT2D eigenvalue weighted by Gasteiger charge is 2.06. The molecule has 0 saturated carbocycles. The molecule has 1 rings (SSSR count). The lowest BCUT2D eigenvalue weighted by molar-refractivity contribution is 0.506. The van der Waals surface area contributed by atoms with Crippen molar-refractivity contribution in [3.05, 3.63) is 29.8 Å². The summed E-state index contributed by atoms with van der Waals surface area (Å²) in [5.74, 6) is -1.58. The van der Waals surface area contributed by atoms with Gasteiger partial charge in [0.05, 0.1) is 0 Å². The smallest absolute Gasteiger partial charge is 0.159 e. The van der Waals surface area contributed by atoms with Crippen molar-refractivity contribution in [2.45, 2.75) is 17.1 Å². The molecule has 0 aromatic heterocycles. The fraction of sp³-hybridized carbons (Fsp3) is 0.400. The topological polar surface area (TPSA) is 12.0 Å². The molecular weight excluding hydrogens is 204 g/mol. The molecule has 14 heavy (non-hydrogen) atoms. The van der Waals surface area contributed by atoms with Gasteiger partial charge >= 0.3 is 0 Å². The standard InChI is InChI=1S/C10H13F2NS/c1-7(6-13-2)14-8-3-4-9(11)10(12)5-8/h3-5,7,13H,6H2,1-2H3. The van der Waals surface area contributed by atoms with Crippen LogP contribution in [0, 0.1) is 11.6 Å². The van der Waals surface area contributed by atoms with Gasteiger partial charge in [-0.15, -0.1) is 11.8 Å². The molecule has 4 heteroatoms. The van der Waals surface area contributed by atoms with Crippen molar-refractivity contribution in [2.24, 2.45) is 0 Å². The molecule has 0 radical (unpaired) electrons. The van der Waals surface area contributed by atoms with Gasteiger partial charge in [-0.05, 0) is 25.2 Å². The van der Waals surface area contributed by atoms with Gasteiger partial charge in [-0.1, -0.05) is 6.92 Å². The first-order valence-corrected chi connectivity index (χ1v) is 5.27. The molecule has 0 aliphatic rings. The molecule has 1 nitrogen and oxygen atoms in total. The Bertz CT molecular complexity index is 304. The van der Waals surface area contributed by atoms with Gasteiger partial charge in [0.2, 0.25) is 0 Å². The summed E-state index contributed by atoms with van der Waals surface area (Å²) in [6, 6.07) is 3.98. The largest absolute Gasteiger partial charge is 0.319 e. The number of thioether (sulfide) groups is 1. The van der Waals surface area contributed by atoms with Crippen molar-refractivity contribution in [1.82, 2.24) is 5.32 Å². The SMILES string of the molecule is CNCC(C)Sc1ccc(F)c(F)c1. The zero-order valence-electron chi connectivity index (χ0n) is 8.18. The summed E-state index contributed by atoms with van der Waals surface area (Å²) in [4.78, 5) is 0.756. The van der Waals surface area contributed by atoms with Gasteiger partial charge in [0.15, 0.2) is 11.6 Å². The third-order valence-corrected chi connectivity index (χ3v) is 2.82. The van der Waals surface area contributed by atoms with Crippen LogP contribution in [0.5, 0.6) is 0 Å². The zero-order chi connectivity index (χ0) is 10.6. The van der Waals surface area contributed by atoms with Gasteiger partial charge in [0.25, 0.3) is 0 Å². The monoisotopic (exact) mass is 217 g/mol. The quantitative estimate of drug-likeness (QED) is 0.778. The Labute approximate surface area is 86.9 Å². The first-order valence-electron chi connectivity index (χ1n) is 4.39. The van der Waals surface area contributed by atoms with Crippen LogP contribution in [-0.2, 0) is 0 Å². The van der Waals surface area contributed by atoms with Gasteiger partial charge < -0.3 is 5.32 Å². The molecule has 0 saturated heterocycles. The Morgan fingerprint density at radius 1 is 1.36 bits per heavy atom. The minimum absolute atomic E-state index is 0.338. The Kier molecular flexibility index (Phi) is 4.35. The summed E-state index contributed by atoms with van der Waals surface area (Å²) in [5, 5.41) is 3.36. The van der Waals surface area contributed by atoms with Crippen molar-refractivity contribution in [3.63, 3.8) is 0 Å². The Morgan fingerprint density at radius 3 is 2.64 bits per heavy atom. The van der Waals surface area contributed by atoms with Crippen molar-refractivity contribution in [2.75, 3.05) is 13.6 Å². The van der Waals surface area contributed by atoms with Crippen molar-refractivity contribution in [3.8, 4) is 0 Å². The average molecular weight is 217 g/mol. The number of benzene rings is 1. The van der Waals surface area contributed by atoms with Gasteiger partial charge in [0.1, 0.15) is 0 Å². The van der Waals surface area contributed by atoms with E-state index in [0.717, 1.165) is 17.5 Å². The number of nitrogens with one attached hydrogen (secondary N) is 1. The fourth-order valence-corrected chi connectivity index (χ4v) is 2.14. The highest BCUT2D eigenvalue weighted by atomic mass is 32.2. The van der Waals surface area contributed by atoms with Crippen LogP contribution < -0.4 is 5.32 Å². The lowest BCUT2D eigenvalue weighted by Gasteiger charge is -2.10. The Morgan fingerprint density at radius 2 is 2.07 bits per heavy atom. The maximum absolute atomic E-state index is 12.8. The van der Waals surface area contributed by atoms with E-state index in [4.69, 9.17) is 0 Å². The summed E-state index contributed by atoms with van der Waals surface area (Å²) in [6.07, 6.45) is 0. The maximum Gasteiger partial charge on any atom is 0.159 e. The molecular formula is C10H13F2NS. The van der Waals surface area contributed by atoms with E-state index in [9.17, 15) is 8.78 Å². The molecule has 1 N–H and O–H groups in total. The molecule has 0 fully saturated rings. The fourth-order valence-electron chi connectivity index (χ4n) is 1.11. The van der Waals surface area contributed by atoms with Crippen LogP contribution in [0.25, 0.3) is 0 Å². The summed E-state index contributed by atoms with van der Waals surface area (Å²) in [6.45, 7) is 2.87. The van der Waals surface area contributed by atoms with E-state index >= 15 is 0 Å². The first kappa shape index (κ1) is 11.5. The van der Waals surface area contributed by atoms with Crippen molar-refractivity contribution in [1.29, 1.82) is 0 Å². The van der Waals surface area contributed by atoms with Crippen LogP contribution in [0.1, 0.15) is 6.92 Å². The molecule has 1 unspecified atom stereocenters. The van der Waals surface area contributed by atoms with Gasteiger partial charge in [0, 0.05) is 16.7 Å². The lowest BCUT2D eigenvalue weighted by atomic mass is 10.3. The molecule has 0 bridgehead atoms. The van der Waals surface area contributed by atoms with Crippen LogP contribution in [0.3, 0.4) is 0 Å². The summed E-state index contributed by atoms with van der Waals surface area (Å²) in [5.41, 5.74) is 0. The third-order valence-electron chi connectivity index (χ3n) is 1.72.